The van der Waals surface area contributed by atoms with E-state index in [1.54, 1.807) is 18.2 Å². The van der Waals surface area contributed by atoms with Gasteiger partial charge in [-0.1, -0.05) is 49.8 Å². The van der Waals surface area contributed by atoms with Crippen molar-refractivity contribution in [1.29, 1.82) is 0 Å². The van der Waals surface area contributed by atoms with Gasteiger partial charge in [-0.2, -0.15) is 0 Å². The van der Waals surface area contributed by atoms with E-state index in [-0.39, 0.29) is 26.8 Å². The number of phenols is 2. The third-order valence-electron chi connectivity index (χ3n) is 11.6. The largest absolute Gasteiger partial charge is 0.508 e. The number of fused-ring (bicyclic) bond motifs is 10. The maximum absolute atomic E-state index is 12.2. The van der Waals surface area contributed by atoms with E-state index in [0.29, 0.717) is 29.8 Å². The van der Waals surface area contributed by atoms with Gasteiger partial charge in [0.2, 0.25) is 0 Å². The number of aliphatic hydroxyl groups is 2. The summed E-state index contributed by atoms with van der Waals surface area (Å²) in [6.45, 7) is 4.28. The molecule has 5 nitrogen and oxygen atoms in total. The molecule has 5 aliphatic rings. The topological polar surface area (TPSA) is 98.0 Å². The van der Waals surface area contributed by atoms with E-state index in [0.717, 1.165) is 50.3 Å². The van der Waals surface area contributed by atoms with Gasteiger partial charge in [-0.25, -0.2) is 0 Å². The van der Waals surface area contributed by atoms with Crippen LogP contribution in [0.3, 0.4) is 0 Å². The second kappa shape index (κ2) is 9.43. The summed E-state index contributed by atoms with van der Waals surface area (Å²) >= 11 is 0. The predicted molar refractivity (Wildman–Crippen MR) is 165 cm³/mol. The summed E-state index contributed by atoms with van der Waals surface area (Å²) in [4.78, 5) is 12.2. The lowest BCUT2D eigenvalue weighted by Gasteiger charge is -2.43. The van der Waals surface area contributed by atoms with Gasteiger partial charge in [0.05, 0.1) is 12.2 Å². The summed E-state index contributed by atoms with van der Waals surface area (Å²) in [7, 11) is 0. The van der Waals surface area contributed by atoms with Crippen LogP contribution in [0.4, 0.5) is 0 Å². The predicted octanol–water partition coefficient (Wildman–Crippen LogP) is 7.18. The number of rotatable bonds is 0. The van der Waals surface area contributed by atoms with E-state index in [4.69, 9.17) is 0 Å². The summed E-state index contributed by atoms with van der Waals surface area (Å²) in [5.41, 5.74) is 6.39. The molecule has 3 fully saturated rings. The van der Waals surface area contributed by atoms with Crippen molar-refractivity contribution in [3.63, 3.8) is 0 Å². The average Bonchev–Trinajstić information content (AvgIpc) is 3.39. The van der Waals surface area contributed by atoms with Crippen molar-refractivity contribution in [3.8, 4) is 11.5 Å². The van der Waals surface area contributed by atoms with Gasteiger partial charge in [-0.3, -0.25) is 4.79 Å². The molecule has 220 valence electrons. The molecule has 41 heavy (non-hydrogen) atoms. The molecule has 3 saturated carbocycles. The average molecular weight is 562 g/mol. The van der Waals surface area contributed by atoms with E-state index in [2.05, 4.69) is 32.1 Å². The van der Waals surface area contributed by atoms with E-state index in [1.165, 1.54) is 33.2 Å². The fourth-order valence-corrected chi connectivity index (χ4v) is 9.22. The Balaban J connectivity index is 0.000000188. The van der Waals surface area contributed by atoms with Gasteiger partial charge in [0.1, 0.15) is 17.3 Å². The summed E-state index contributed by atoms with van der Waals surface area (Å²) in [6.07, 6.45) is 8.29. The molecule has 0 aliphatic heterocycles. The highest BCUT2D eigenvalue weighted by atomic mass is 16.3. The Bertz CT molecular complexity index is 1600. The molecule has 0 radical (unpaired) electrons. The Morgan fingerprint density at radius 1 is 0.854 bits per heavy atom. The molecule has 0 bridgehead atoms. The van der Waals surface area contributed by atoms with E-state index < -0.39 is 12.2 Å². The van der Waals surface area contributed by atoms with Gasteiger partial charge in [0.25, 0.3) is 0 Å². The van der Waals surface area contributed by atoms with Gasteiger partial charge in [0.15, 0.2) is 0 Å². The van der Waals surface area contributed by atoms with Crippen molar-refractivity contribution in [2.24, 2.45) is 16.7 Å². The zero-order valence-corrected chi connectivity index (χ0v) is 23.9. The first-order valence-corrected chi connectivity index (χ1v) is 15.3. The third kappa shape index (κ3) is 3.99. The van der Waals surface area contributed by atoms with Crippen molar-refractivity contribution in [2.45, 2.75) is 89.3 Å². The van der Waals surface area contributed by atoms with Gasteiger partial charge in [0, 0.05) is 27.4 Å². The highest BCUT2D eigenvalue weighted by Crippen LogP contribution is 2.58. The fourth-order valence-electron chi connectivity index (χ4n) is 9.22. The smallest absolute Gasteiger partial charge is 0.139 e. The fraction of sp³-hybridized carbons (Fsp3) is 0.472. The number of benzene rings is 3. The standard InChI is InChI=1S/C18H20O3.C18H20O2.3H2/c1-18-7-6-13-12-5-3-11(19)8-10(12)2-4-14(13)15(18)9-16(20)17(18)21;1-18-9-8-14-13-5-3-12(19)10-11(13)2-4-15(14)16(18)6-7-17(18)20;;;/h2-5,8,15-17,19-21H,6-7,9H2,1H3;3-5,10,14,16,19H,2,6-9H2,1H3;3*1H/t15?,16-,17+,18+;14?,16?,18-;;;/m10.../s1/i;;3*1+1. The summed E-state index contributed by atoms with van der Waals surface area (Å²) in [5, 5.41) is 41.9. The molecule has 0 heterocycles. The van der Waals surface area contributed by atoms with Crippen LogP contribution in [0.15, 0.2) is 60.2 Å². The highest BCUT2D eigenvalue weighted by Gasteiger charge is 2.54. The molecule has 0 amide bonds. The number of aryl methyl sites for hydroxylation is 1. The minimum absolute atomic E-state index is 0. The molecule has 3 aromatic carbocycles. The molecule has 0 spiro atoms. The van der Waals surface area contributed by atoms with Crippen molar-refractivity contribution in [2.75, 3.05) is 0 Å². The van der Waals surface area contributed by atoms with Crippen molar-refractivity contribution in [3.05, 3.63) is 82.4 Å². The maximum Gasteiger partial charge on any atom is 0.139 e. The number of aliphatic hydroxyl groups excluding tert-OH is 2. The lowest BCUT2D eigenvalue weighted by molar-refractivity contribution is -0.126. The first-order chi connectivity index (χ1) is 19.6. The molecule has 5 heteroatoms. The van der Waals surface area contributed by atoms with Crippen molar-refractivity contribution >= 4 is 16.6 Å². The maximum atomic E-state index is 12.2. The van der Waals surface area contributed by atoms with E-state index in [1.807, 2.05) is 18.2 Å². The number of aromatic hydroxyl groups is 2. The molecule has 0 saturated heterocycles. The number of allylic oxidation sites excluding steroid dienone is 2. The van der Waals surface area contributed by atoms with Gasteiger partial charge < -0.3 is 20.4 Å². The zero-order valence-electron chi connectivity index (χ0n) is 23.9. The van der Waals surface area contributed by atoms with Crippen LogP contribution >= 0.6 is 0 Å². The Hall–Kier alpha value is -3.15. The van der Waals surface area contributed by atoms with Crippen LogP contribution in [-0.2, 0) is 17.6 Å². The normalized spacial score (nSPS) is 34.9. The summed E-state index contributed by atoms with van der Waals surface area (Å²) in [6, 6.07) is 15.4. The van der Waals surface area contributed by atoms with Gasteiger partial charge in [-0.15, -0.1) is 0 Å². The lowest BCUT2D eigenvalue weighted by atomic mass is 9.60. The van der Waals surface area contributed by atoms with Crippen LogP contribution in [0, 0.1) is 16.7 Å². The second-order valence-corrected chi connectivity index (χ2v) is 13.7. The number of carbonyl (C=O) groups excluding carboxylic acids is 1. The van der Waals surface area contributed by atoms with Crippen LogP contribution in [0.2, 0.25) is 0 Å². The molecule has 3 unspecified atom stereocenters. The molecule has 7 atom stereocenters. The Morgan fingerprint density at radius 3 is 2.44 bits per heavy atom. The molecule has 3 aromatic rings. The molecular weight excluding hydrogens is 512 g/mol. The Labute approximate surface area is 246 Å². The Morgan fingerprint density at radius 2 is 1.61 bits per heavy atom. The minimum atomic E-state index is -0.633. The number of carbonyl (C=O) groups is 1. The summed E-state index contributed by atoms with van der Waals surface area (Å²) in [5.74, 6) is 2.26. The first kappa shape index (κ1) is 26.7. The molecule has 8 rings (SSSR count). The first-order valence-electron chi connectivity index (χ1n) is 15.3. The lowest BCUT2D eigenvalue weighted by Crippen LogP contribution is -2.38. The van der Waals surface area contributed by atoms with Crippen molar-refractivity contribution in [1.82, 2.24) is 0 Å². The SMILES string of the molecule is C[C@]12CCC3C(=CCc4cc(O)ccc43)C1CCC2=O.C[C@]12CCc3c(ccc4cc(O)ccc34)C1C[C@@H](O)[C@@H]2O.[2HH].[2HH].[2HH]. The number of Topliss-reactive ketones (excluding diaryl/α,β-unsaturated/α-hetero) is 1. The van der Waals surface area contributed by atoms with Crippen LogP contribution in [0.25, 0.3) is 10.8 Å². The van der Waals surface area contributed by atoms with Gasteiger partial charge >= 0.3 is 0 Å². The van der Waals surface area contributed by atoms with Crippen LogP contribution in [-0.4, -0.2) is 38.4 Å². The minimum Gasteiger partial charge on any atom is -0.508 e. The molecule has 4 N–H and O–H groups in total. The zero-order chi connectivity index (χ0) is 28.7. The number of ketones is 1. The van der Waals surface area contributed by atoms with Crippen LogP contribution in [0.1, 0.15) is 90.7 Å². The van der Waals surface area contributed by atoms with E-state index >= 15 is 0 Å². The van der Waals surface area contributed by atoms with E-state index in [9.17, 15) is 25.2 Å². The van der Waals surface area contributed by atoms with Gasteiger partial charge in [-0.05, 0) is 114 Å². The van der Waals surface area contributed by atoms with Crippen LogP contribution < -0.4 is 0 Å². The molecule has 5 aliphatic carbocycles. The van der Waals surface area contributed by atoms with Crippen molar-refractivity contribution < 1.29 is 29.5 Å². The molecular formula is C36H46O5. The Kier molecular flexibility index (Phi) is 6.15. The second-order valence-electron chi connectivity index (χ2n) is 13.7. The quantitative estimate of drug-likeness (QED) is 0.218. The highest BCUT2D eigenvalue weighted by molar-refractivity contribution is 5.89. The summed E-state index contributed by atoms with van der Waals surface area (Å²) < 4.78 is 0. The molecule has 0 aromatic heterocycles. The number of phenolic OH excluding ortho intramolecular Hbond substituents is 2. The monoisotopic (exact) mass is 561 g/mol. The van der Waals surface area contributed by atoms with Crippen LogP contribution in [0.5, 0.6) is 11.5 Å². The third-order valence-corrected chi connectivity index (χ3v) is 11.6. The number of hydrogen-bond acceptors (Lipinski definition) is 5. The number of hydrogen-bond donors (Lipinski definition) is 4.